The van der Waals surface area contributed by atoms with E-state index in [1.165, 1.54) is 6.33 Å². The molecule has 0 fully saturated rings. The molecule has 0 radical (unpaired) electrons. The summed E-state index contributed by atoms with van der Waals surface area (Å²) in [6.07, 6.45) is 1.44. The molecule has 0 aliphatic carbocycles. The molecule has 1 heterocycles. The first-order valence-electron chi connectivity index (χ1n) is 6.24. The van der Waals surface area contributed by atoms with E-state index in [2.05, 4.69) is 26.8 Å². The van der Waals surface area contributed by atoms with Gasteiger partial charge in [-0.2, -0.15) is 5.26 Å². The summed E-state index contributed by atoms with van der Waals surface area (Å²) in [4.78, 5) is 8.37. The number of anilines is 3. The molecule has 0 aliphatic heterocycles. The predicted molar refractivity (Wildman–Crippen MR) is 78.4 cm³/mol. The number of aromatic nitrogens is 2. The second-order valence-electron chi connectivity index (χ2n) is 4.60. The van der Waals surface area contributed by atoms with Gasteiger partial charge in [-0.05, 0) is 24.1 Å². The minimum absolute atomic E-state index is 0.198. The lowest BCUT2D eigenvalue weighted by atomic mass is 10.0. The van der Waals surface area contributed by atoms with E-state index in [9.17, 15) is 0 Å². The van der Waals surface area contributed by atoms with Crippen LogP contribution in [-0.4, -0.2) is 9.97 Å². The molecule has 0 bridgehead atoms. The van der Waals surface area contributed by atoms with Gasteiger partial charge in [-0.1, -0.05) is 19.9 Å². The van der Waals surface area contributed by atoms with E-state index in [-0.39, 0.29) is 5.92 Å². The van der Waals surface area contributed by atoms with Crippen LogP contribution >= 0.6 is 0 Å². The van der Waals surface area contributed by atoms with Crippen LogP contribution in [0.15, 0.2) is 30.6 Å². The normalized spacial score (nSPS) is 10.2. The van der Waals surface area contributed by atoms with Crippen LogP contribution in [0, 0.1) is 11.3 Å². The third-order valence-corrected chi connectivity index (χ3v) is 2.85. The first-order valence-corrected chi connectivity index (χ1v) is 6.24. The first-order chi connectivity index (χ1) is 9.65. The monoisotopic (exact) mass is 268 g/mol. The van der Waals surface area contributed by atoms with E-state index < -0.39 is 0 Å². The van der Waals surface area contributed by atoms with Crippen molar-refractivity contribution >= 4 is 17.3 Å². The van der Waals surface area contributed by atoms with Gasteiger partial charge in [-0.3, -0.25) is 0 Å². The maximum absolute atomic E-state index is 8.92. The average Bonchev–Trinajstić information content (AvgIpc) is 2.46. The highest BCUT2D eigenvalue weighted by molar-refractivity contribution is 5.66. The maximum atomic E-state index is 8.92. The van der Waals surface area contributed by atoms with Crippen molar-refractivity contribution in [3.63, 3.8) is 0 Å². The molecule has 0 aliphatic rings. The molecule has 0 atom stereocenters. The maximum Gasteiger partial charge on any atom is 0.148 e. The molecule has 4 N–H and O–H groups in total. The third-order valence-electron chi connectivity index (χ3n) is 2.85. The second kappa shape index (κ2) is 5.99. The van der Waals surface area contributed by atoms with E-state index in [0.29, 0.717) is 17.2 Å². The van der Waals surface area contributed by atoms with Crippen LogP contribution in [0.25, 0.3) is 0 Å². The highest BCUT2D eigenvalue weighted by Crippen LogP contribution is 2.29. The lowest BCUT2D eigenvalue weighted by molar-refractivity contribution is 0.850. The van der Waals surface area contributed by atoms with Gasteiger partial charge in [0, 0.05) is 11.3 Å². The van der Waals surface area contributed by atoms with Crippen molar-refractivity contribution in [1.29, 1.82) is 5.26 Å². The number of hydrogen-bond donors (Lipinski definition) is 3. The van der Waals surface area contributed by atoms with E-state index in [0.717, 1.165) is 11.3 Å². The van der Waals surface area contributed by atoms with Gasteiger partial charge in [0.1, 0.15) is 18.0 Å². The lowest BCUT2D eigenvalue weighted by Crippen LogP contribution is -2.14. The Labute approximate surface area is 117 Å². The minimum Gasteiger partial charge on any atom is -0.340 e. The van der Waals surface area contributed by atoms with Crippen molar-refractivity contribution in [2.45, 2.75) is 19.8 Å². The van der Waals surface area contributed by atoms with Crippen molar-refractivity contribution in [1.82, 2.24) is 9.97 Å². The van der Waals surface area contributed by atoms with Crippen LogP contribution in [0.5, 0.6) is 0 Å². The van der Waals surface area contributed by atoms with Crippen LogP contribution in [0.4, 0.5) is 17.3 Å². The summed E-state index contributed by atoms with van der Waals surface area (Å²) in [5.74, 6) is 6.95. The zero-order valence-corrected chi connectivity index (χ0v) is 11.4. The van der Waals surface area contributed by atoms with Crippen LogP contribution in [0.3, 0.4) is 0 Å². The van der Waals surface area contributed by atoms with E-state index in [1.807, 2.05) is 26.0 Å². The molecular weight excluding hydrogens is 252 g/mol. The van der Waals surface area contributed by atoms with Crippen LogP contribution in [0.2, 0.25) is 0 Å². The Hall–Kier alpha value is -2.65. The van der Waals surface area contributed by atoms with Crippen LogP contribution < -0.4 is 16.6 Å². The van der Waals surface area contributed by atoms with Gasteiger partial charge in [-0.15, -0.1) is 0 Å². The Morgan fingerprint density at radius 1 is 1.25 bits per heavy atom. The average molecular weight is 268 g/mol. The lowest BCUT2D eigenvalue weighted by Gasteiger charge is -2.16. The number of hydrazine groups is 1. The Morgan fingerprint density at radius 2 is 2.00 bits per heavy atom. The number of nitrogens with two attached hydrogens (primary N) is 1. The first kappa shape index (κ1) is 13.8. The van der Waals surface area contributed by atoms with Gasteiger partial charge in [-0.25, -0.2) is 15.8 Å². The molecule has 2 aromatic rings. The van der Waals surface area contributed by atoms with Crippen LogP contribution in [-0.2, 0) is 0 Å². The number of nitriles is 1. The molecule has 102 valence electrons. The van der Waals surface area contributed by atoms with Gasteiger partial charge in [0.2, 0.25) is 0 Å². The molecule has 6 nitrogen and oxygen atoms in total. The van der Waals surface area contributed by atoms with E-state index >= 15 is 0 Å². The Bertz CT molecular complexity index is 644. The molecule has 2 rings (SSSR count). The molecule has 0 amide bonds. The smallest absolute Gasteiger partial charge is 0.148 e. The SMILES string of the molecule is CC(C)c1c(NN)ncnc1Nc1cccc(C#N)c1. The summed E-state index contributed by atoms with van der Waals surface area (Å²) in [6, 6.07) is 9.32. The zero-order chi connectivity index (χ0) is 14.5. The summed E-state index contributed by atoms with van der Waals surface area (Å²) in [5, 5.41) is 12.1. The molecule has 20 heavy (non-hydrogen) atoms. The molecule has 1 aromatic carbocycles. The number of nitrogen functional groups attached to an aromatic ring is 1. The highest BCUT2D eigenvalue weighted by Gasteiger charge is 2.14. The summed E-state index contributed by atoms with van der Waals surface area (Å²) in [6.45, 7) is 4.08. The molecule has 0 saturated heterocycles. The minimum atomic E-state index is 0.198. The zero-order valence-electron chi connectivity index (χ0n) is 11.4. The second-order valence-corrected chi connectivity index (χ2v) is 4.60. The van der Waals surface area contributed by atoms with Crippen molar-refractivity contribution < 1.29 is 0 Å². The Balaban J connectivity index is 2.40. The quantitative estimate of drug-likeness (QED) is 0.582. The number of nitrogens with one attached hydrogen (secondary N) is 2. The predicted octanol–water partition coefficient (Wildman–Crippen LogP) is 2.50. The number of hydrogen-bond acceptors (Lipinski definition) is 6. The third kappa shape index (κ3) is 2.84. The topological polar surface area (TPSA) is 99.7 Å². The van der Waals surface area contributed by atoms with Crippen molar-refractivity contribution in [2.75, 3.05) is 10.7 Å². The highest BCUT2D eigenvalue weighted by atomic mass is 15.3. The number of benzene rings is 1. The number of nitrogens with zero attached hydrogens (tertiary/aromatic N) is 3. The Kier molecular flexibility index (Phi) is 4.13. The molecule has 6 heteroatoms. The fourth-order valence-corrected chi connectivity index (χ4v) is 1.96. The standard InChI is InChI=1S/C14H16N6/c1-9(2)12-13(17-8-18-14(12)20-16)19-11-5-3-4-10(6-11)7-15/h3-6,8-9H,16H2,1-2H3,(H2,17,18,19,20). The Morgan fingerprint density at radius 3 is 2.65 bits per heavy atom. The van der Waals surface area contributed by atoms with Crippen molar-refractivity contribution in [2.24, 2.45) is 5.84 Å². The molecular formula is C14H16N6. The summed E-state index contributed by atoms with van der Waals surface area (Å²) >= 11 is 0. The fraction of sp³-hybridized carbons (Fsp3) is 0.214. The molecule has 1 aromatic heterocycles. The van der Waals surface area contributed by atoms with Crippen LogP contribution in [0.1, 0.15) is 30.9 Å². The summed E-state index contributed by atoms with van der Waals surface area (Å²) < 4.78 is 0. The van der Waals surface area contributed by atoms with E-state index in [1.54, 1.807) is 12.1 Å². The van der Waals surface area contributed by atoms with Gasteiger partial charge in [0.15, 0.2) is 0 Å². The summed E-state index contributed by atoms with van der Waals surface area (Å²) in [5.41, 5.74) is 4.87. The summed E-state index contributed by atoms with van der Waals surface area (Å²) in [7, 11) is 0. The van der Waals surface area contributed by atoms with Gasteiger partial charge < -0.3 is 10.7 Å². The number of rotatable bonds is 4. The van der Waals surface area contributed by atoms with Crippen molar-refractivity contribution in [3.8, 4) is 6.07 Å². The molecule has 0 spiro atoms. The van der Waals surface area contributed by atoms with Gasteiger partial charge in [0.25, 0.3) is 0 Å². The van der Waals surface area contributed by atoms with Gasteiger partial charge in [0.05, 0.1) is 11.6 Å². The van der Waals surface area contributed by atoms with Crippen molar-refractivity contribution in [3.05, 3.63) is 41.7 Å². The van der Waals surface area contributed by atoms with E-state index in [4.69, 9.17) is 11.1 Å². The molecule has 0 unspecified atom stereocenters. The largest absolute Gasteiger partial charge is 0.340 e. The molecule has 0 saturated carbocycles. The fourth-order valence-electron chi connectivity index (χ4n) is 1.96. The van der Waals surface area contributed by atoms with Gasteiger partial charge >= 0.3 is 0 Å².